The van der Waals surface area contributed by atoms with E-state index in [1.54, 1.807) is 6.92 Å². The largest absolute Gasteiger partial charge is 0.338 e. The lowest BCUT2D eigenvalue weighted by Gasteiger charge is -2.19. The van der Waals surface area contributed by atoms with Crippen molar-refractivity contribution in [2.24, 2.45) is 0 Å². The zero-order valence-corrected chi connectivity index (χ0v) is 9.71. The van der Waals surface area contributed by atoms with Crippen LogP contribution < -0.4 is 0 Å². The average Bonchev–Trinajstić information content (AvgIpc) is 2.37. The number of halogens is 3. The number of hydrogen-bond acceptors (Lipinski definition) is 2. The van der Waals surface area contributed by atoms with Gasteiger partial charge in [-0.1, -0.05) is 0 Å². The Morgan fingerprint density at radius 2 is 2.00 bits per heavy atom. The van der Waals surface area contributed by atoms with Crippen LogP contribution in [0.3, 0.4) is 0 Å². The van der Waals surface area contributed by atoms with Crippen LogP contribution in [0.2, 0.25) is 0 Å². The van der Waals surface area contributed by atoms with Crippen LogP contribution in [0.25, 0.3) is 0 Å². The first-order valence-corrected chi connectivity index (χ1v) is 5.32. The molecule has 0 aliphatic rings. The van der Waals surface area contributed by atoms with Gasteiger partial charge in [0.1, 0.15) is 0 Å². The molecule has 1 aromatic carbocycles. The Balaban J connectivity index is 3.03. The minimum atomic E-state index is -1.67. The Labute approximate surface area is 102 Å². The molecule has 0 atom stereocenters. The van der Waals surface area contributed by atoms with Crippen LogP contribution in [0, 0.1) is 28.8 Å². The molecule has 3 nitrogen and oxygen atoms in total. The van der Waals surface area contributed by atoms with Gasteiger partial charge in [-0.3, -0.25) is 4.79 Å². The summed E-state index contributed by atoms with van der Waals surface area (Å²) >= 11 is 0. The first kappa shape index (κ1) is 14.0. The van der Waals surface area contributed by atoms with Gasteiger partial charge in [0.15, 0.2) is 17.5 Å². The van der Waals surface area contributed by atoms with E-state index >= 15 is 0 Å². The normalized spacial score (nSPS) is 9.94. The summed E-state index contributed by atoms with van der Waals surface area (Å²) in [6, 6.07) is 3.44. The van der Waals surface area contributed by atoms with Crippen LogP contribution >= 0.6 is 0 Å². The number of hydrogen-bond donors (Lipinski definition) is 0. The summed E-state index contributed by atoms with van der Waals surface area (Å²) in [6.07, 6.45) is 0.0882. The van der Waals surface area contributed by atoms with Crippen LogP contribution in [0.1, 0.15) is 23.7 Å². The maximum Gasteiger partial charge on any atom is 0.256 e. The second kappa shape index (κ2) is 6.05. The number of amides is 1. The van der Waals surface area contributed by atoms with Crippen molar-refractivity contribution in [2.75, 3.05) is 13.1 Å². The van der Waals surface area contributed by atoms with Crippen molar-refractivity contribution in [3.05, 3.63) is 35.1 Å². The van der Waals surface area contributed by atoms with E-state index in [4.69, 9.17) is 5.26 Å². The quantitative estimate of drug-likeness (QED) is 0.777. The Bertz CT molecular complexity index is 497. The monoisotopic (exact) mass is 256 g/mol. The first-order valence-electron chi connectivity index (χ1n) is 5.32. The zero-order valence-electron chi connectivity index (χ0n) is 9.71. The van der Waals surface area contributed by atoms with Gasteiger partial charge in [-0.25, -0.2) is 13.2 Å². The van der Waals surface area contributed by atoms with Crippen molar-refractivity contribution >= 4 is 5.91 Å². The lowest BCUT2D eigenvalue weighted by atomic mass is 10.1. The summed E-state index contributed by atoms with van der Waals surface area (Å²) in [5, 5.41) is 8.43. The Morgan fingerprint density at radius 1 is 1.33 bits per heavy atom. The highest BCUT2D eigenvalue weighted by Crippen LogP contribution is 2.17. The van der Waals surface area contributed by atoms with Gasteiger partial charge in [0.25, 0.3) is 5.91 Å². The molecule has 1 aromatic rings. The molecule has 0 bridgehead atoms. The number of benzene rings is 1. The van der Waals surface area contributed by atoms with E-state index in [1.165, 1.54) is 4.90 Å². The molecule has 0 aliphatic carbocycles. The standard InChI is InChI=1S/C12H11F3N2O/c1-2-17(7-3-6-16)12(18)8-4-5-9(13)11(15)10(8)14/h4-5H,2-3,7H2,1H3. The summed E-state index contributed by atoms with van der Waals surface area (Å²) in [7, 11) is 0. The number of nitrogens with zero attached hydrogens (tertiary/aromatic N) is 2. The smallest absolute Gasteiger partial charge is 0.256 e. The maximum absolute atomic E-state index is 13.4. The molecule has 0 saturated heterocycles. The van der Waals surface area contributed by atoms with Crippen molar-refractivity contribution < 1.29 is 18.0 Å². The number of rotatable bonds is 4. The Morgan fingerprint density at radius 3 is 2.56 bits per heavy atom. The highest BCUT2D eigenvalue weighted by molar-refractivity contribution is 5.94. The van der Waals surface area contributed by atoms with Gasteiger partial charge in [-0.15, -0.1) is 0 Å². The fourth-order valence-corrected chi connectivity index (χ4v) is 1.45. The minimum Gasteiger partial charge on any atom is -0.338 e. The summed E-state index contributed by atoms with van der Waals surface area (Å²) in [5.74, 6) is -5.28. The Kier molecular flexibility index (Phi) is 4.72. The van der Waals surface area contributed by atoms with E-state index in [0.717, 1.165) is 6.07 Å². The lowest BCUT2D eigenvalue weighted by Crippen LogP contribution is -2.32. The lowest BCUT2D eigenvalue weighted by molar-refractivity contribution is 0.0761. The number of carbonyl (C=O) groups is 1. The van der Waals surface area contributed by atoms with E-state index in [0.29, 0.717) is 6.07 Å². The van der Waals surface area contributed by atoms with E-state index in [1.807, 2.05) is 6.07 Å². The second-order valence-electron chi connectivity index (χ2n) is 3.52. The van der Waals surface area contributed by atoms with Gasteiger partial charge < -0.3 is 4.90 Å². The van der Waals surface area contributed by atoms with E-state index in [-0.39, 0.29) is 19.5 Å². The molecule has 0 fully saturated rings. The summed E-state index contributed by atoms with van der Waals surface area (Å²) in [5.41, 5.74) is -0.534. The average molecular weight is 256 g/mol. The summed E-state index contributed by atoms with van der Waals surface area (Å²) in [4.78, 5) is 13.0. The molecule has 0 unspecified atom stereocenters. The Hall–Kier alpha value is -2.03. The molecule has 0 heterocycles. The molecule has 0 spiro atoms. The van der Waals surface area contributed by atoms with Crippen LogP contribution in [0.5, 0.6) is 0 Å². The third kappa shape index (κ3) is 2.80. The molecule has 0 N–H and O–H groups in total. The van der Waals surface area contributed by atoms with Gasteiger partial charge in [-0.2, -0.15) is 5.26 Å². The van der Waals surface area contributed by atoms with E-state index in [9.17, 15) is 18.0 Å². The predicted octanol–water partition coefficient (Wildman–Crippen LogP) is 2.48. The van der Waals surface area contributed by atoms with Gasteiger partial charge >= 0.3 is 0 Å². The van der Waals surface area contributed by atoms with Crippen molar-refractivity contribution in [2.45, 2.75) is 13.3 Å². The fourth-order valence-electron chi connectivity index (χ4n) is 1.45. The number of nitriles is 1. The topological polar surface area (TPSA) is 44.1 Å². The van der Waals surface area contributed by atoms with Gasteiger partial charge in [0.2, 0.25) is 0 Å². The van der Waals surface area contributed by atoms with Gasteiger partial charge in [-0.05, 0) is 19.1 Å². The molecule has 18 heavy (non-hydrogen) atoms. The molecular formula is C12H11F3N2O. The van der Waals surface area contributed by atoms with Crippen LogP contribution in [-0.2, 0) is 0 Å². The number of carbonyl (C=O) groups excluding carboxylic acids is 1. The molecule has 96 valence electrons. The first-order chi connectivity index (χ1) is 8.52. The van der Waals surface area contributed by atoms with E-state index < -0.39 is 28.9 Å². The van der Waals surface area contributed by atoms with Crippen LogP contribution in [0.4, 0.5) is 13.2 Å². The minimum absolute atomic E-state index is 0.0882. The van der Waals surface area contributed by atoms with Crippen molar-refractivity contribution in [1.29, 1.82) is 5.26 Å². The van der Waals surface area contributed by atoms with Crippen molar-refractivity contribution in [3.63, 3.8) is 0 Å². The van der Waals surface area contributed by atoms with Crippen molar-refractivity contribution in [3.8, 4) is 6.07 Å². The van der Waals surface area contributed by atoms with Crippen LogP contribution in [-0.4, -0.2) is 23.9 Å². The maximum atomic E-state index is 13.4. The molecular weight excluding hydrogens is 245 g/mol. The van der Waals surface area contributed by atoms with Gasteiger partial charge in [0.05, 0.1) is 18.1 Å². The summed E-state index contributed by atoms with van der Waals surface area (Å²) in [6.45, 7) is 2.01. The highest BCUT2D eigenvalue weighted by atomic mass is 19.2. The SMILES string of the molecule is CCN(CCC#N)C(=O)c1ccc(F)c(F)c1F. The van der Waals surface area contributed by atoms with Crippen LogP contribution in [0.15, 0.2) is 12.1 Å². The predicted molar refractivity (Wildman–Crippen MR) is 58.1 cm³/mol. The fraction of sp³-hybridized carbons (Fsp3) is 0.333. The third-order valence-corrected chi connectivity index (χ3v) is 2.43. The van der Waals surface area contributed by atoms with Crippen molar-refractivity contribution in [1.82, 2.24) is 4.90 Å². The van der Waals surface area contributed by atoms with Gasteiger partial charge in [0, 0.05) is 13.1 Å². The molecule has 0 aliphatic heterocycles. The zero-order chi connectivity index (χ0) is 13.7. The van der Waals surface area contributed by atoms with E-state index in [2.05, 4.69) is 0 Å². The molecule has 0 saturated carbocycles. The molecule has 6 heteroatoms. The third-order valence-electron chi connectivity index (χ3n) is 2.43. The second-order valence-corrected chi connectivity index (χ2v) is 3.52. The highest BCUT2D eigenvalue weighted by Gasteiger charge is 2.22. The molecule has 0 radical (unpaired) electrons. The molecule has 0 aromatic heterocycles. The summed E-state index contributed by atoms with van der Waals surface area (Å²) < 4.78 is 39.1. The molecule has 1 amide bonds. The molecule has 1 rings (SSSR count).